The predicted molar refractivity (Wildman–Crippen MR) is 114 cm³/mol. The van der Waals surface area contributed by atoms with E-state index in [9.17, 15) is 4.79 Å². The van der Waals surface area contributed by atoms with E-state index in [0.717, 1.165) is 47.3 Å². The summed E-state index contributed by atoms with van der Waals surface area (Å²) in [6.07, 6.45) is 5.18. The van der Waals surface area contributed by atoms with Crippen LogP contribution in [0.15, 0.2) is 16.6 Å². The van der Waals surface area contributed by atoms with Gasteiger partial charge in [0.1, 0.15) is 0 Å². The van der Waals surface area contributed by atoms with Crippen LogP contribution < -0.4 is 9.47 Å². The van der Waals surface area contributed by atoms with Crippen molar-refractivity contribution < 1.29 is 19.0 Å². The van der Waals surface area contributed by atoms with Crippen molar-refractivity contribution in [3.05, 3.63) is 22.2 Å². The summed E-state index contributed by atoms with van der Waals surface area (Å²) >= 11 is 3.63. The first kappa shape index (κ1) is 20.8. The van der Waals surface area contributed by atoms with Gasteiger partial charge in [-0.1, -0.05) is 22.4 Å². The van der Waals surface area contributed by atoms with Crippen molar-refractivity contribution in [1.82, 2.24) is 9.80 Å². The third-order valence-corrected chi connectivity index (χ3v) is 7.62. The highest BCUT2D eigenvalue weighted by Crippen LogP contribution is 2.48. The summed E-state index contributed by atoms with van der Waals surface area (Å²) < 4.78 is 17.5. The summed E-state index contributed by atoms with van der Waals surface area (Å²) in [6.45, 7) is 4.50. The first-order valence-corrected chi connectivity index (χ1v) is 11.4. The lowest BCUT2D eigenvalue weighted by atomic mass is 9.90. The molecule has 1 aromatic carbocycles. The van der Waals surface area contributed by atoms with E-state index in [2.05, 4.69) is 20.8 Å². The zero-order chi connectivity index (χ0) is 20.4. The molecule has 1 aliphatic heterocycles. The second-order valence-corrected chi connectivity index (χ2v) is 9.43. The lowest BCUT2D eigenvalue weighted by Crippen LogP contribution is -2.48. The van der Waals surface area contributed by atoms with Crippen molar-refractivity contribution in [3.8, 4) is 11.5 Å². The van der Waals surface area contributed by atoms with Crippen molar-refractivity contribution in [3.63, 3.8) is 0 Å². The normalized spacial score (nSPS) is 26.6. The number of piperazine rings is 1. The second kappa shape index (κ2) is 9.13. The Kier molecular flexibility index (Phi) is 6.54. The summed E-state index contributed by atoms with van der Waals surface area (Å²) in [6, 6.07) is 3.95. The number of halogens is 1. The summed E-state index contributed by atoms with van der Waals surface area (Å²) in [4.78, 5) is 16.7. The molecular weight excluding hydrogens is 436 g/mol. The summed E-state index contributed by atoms with van der Waals surface area (Å²) in [7, 11) is 3.29. The highest BCUT2D eigenvalue weighted by Gasteiger charge is 2.40. The molecule has 160 valence electrons. The Balaban J connectivity index is 1.24. The number of carbonyl (C=O) groups is 1. The van der Waals surface area contributed by atoms with Crippen LogP contribution >= 0.6 is 15.9 Å². The van der Waals surface area contributed by atoms with Crippen molar-refractivity contribution in [2.75, 3.05) is 47.0 Å². The molecule has 3 fully saturated rings. The van der Waals surface area contributed by atoms with Gasteiger partial charge in [0.15, 0.2) is 11.5 Å². The molecule has 0 N–H and O–H groups in total. The molecule has 4 rings (SSSR count). The maximum absolute atomic E-state index is 12.5. The molecule has 1 saturated heterocycles. The van der Waals surface area contributed by atoms with Gasteiger partial charge >= 0.3 is 6.09 Å². The summed E-state index contributed by atoms with van der Waals surface area (Å²) in [5.74, 6) is 3.73. The van der Waals surface area contributed by atoms with Crippen molar-refractivity contribution >= 4 is 22.0 Å². The SMILES string of the molecule is COc1cc(Br)c(CN2CCN(C(=O)OCC3CC4CCC3C4)CC2)cc1OC. The molecule has 3 atom stereocenters. The molecule has 1 aromatic rings. The molecule has 2 bridgehead atoms. The van der Waals surface area contributed by atoms with E-state index in [1.54, 1.807) is 14.2 Å². The fraction of sp³-hybridized carbons (Fsp3) is 0.682. The van der Waals surface area contributed by atoms with Crippen LogP contribution in [-0.2, 0) is 11.3 Å². The first-order chi connectivity index (χ1) is 14.1. The van der Waals surface area contributed by atoms with E-state index in [4.69, 9.17) is 14.2 Å². The predicted octanol–water partition coefficient (Wildman–Crippen LogP) is 4.16. The number of amides is 1. The molecule has 0 aromatic heterocycles. The molecule has 29 heavy (non-hydrogen) atoms. The average molecular weight is 467 g/mol. The molecular formula is C22H31BrN2O4. The molecule has 2 saturated carbocycles. The largest absolute Gasteiger partial charge is 0.493 e. The third kappa shape index (κ3) is 4.66. The number of nitrogens with zero attached hydrogens (tertiary/aromatic N) is 2. The molecule has 0 radical (unpaired) electrons. The van der Waals surface area contributed by atoms with E-state index in [1.807, 2.05) is 17.0 Å². The van der Waals surface area contributed by atoms with Gasteiger partial charge in [0.05, 0.1) is 20.8 Å². The van der Waals surface area contributed by atoms with Crippen molar-refractivity contribution in [2.45, 2.75) is 32.2 Å². The maximum atomic E-state index is 12.5. The van der Waals surface area contributed by atoms with Crippen LogP contribution in [0.3, 0.4) is 0 Å². The van der Waals surface area contributed by atoms with Gasteiger partial charge in [-0.05, 0) is 54.7 Å². The van der Waals surface area contributed by atoms with Gasteiger partial charge in [-0.3, -0.25) is 4.90 Å². The van der Waals surface area contributed by atoms with Gasteiger partial charge in [-0.25, -0.2) is 4.79 Å². The quantitative estimate of drug-likeness (QED) is 0.629. The first-order valence-electron chi connectivity index (χ1n) is 10.6. The minimum absolute atomic E-state index is 0.139. The lowest BCUT2D eigenvalue weighted by molar-refractivity contribution is 0.0572. The van der Waals surface area contributed by atoms with Crippen LogP contribution in [0.1, 0.15) is 31.2 Å². The van der Waals surface area contributed by atoms with E-state index in [1.165, 1.54) is 25.7 Å². The minimum Gasteiger partial charge on any atom is -0.493 e. The van der Waals surface area contributed by atoms with Crippen LogP contribution in [0.4, 0.5) is 4.79 Å². The van der Waals surface area contributed by atoms with E-state index >= 15 is 0 Å². The van der Waals surface area contributed by atoms with Crippen LogP contribution in [0.5, 0.6) is 11.5 Å². The monoisotopic (exact) mass is 466 g/mol. The third-order valence-electron chi connectivity index (χ3n) is 6.88. The number of carbonyl (C=O) groups excluding carboxylic acids is 1. The Morgan fingerprint density at radius 1 is 1.07 bits per heavy atom. The topological polar surface area (TPSA) is 51.2 Å². The molecule has 1 heterocycles. The lowest BCUT2D eigenvalue weighted by Gasteiger charge is -2.34. The van der Waals surface area contributed by atoms with Gasteiger partial charge in [0.2, 0.25) is 0 Å². The van der Waals surface area contributed by atoms with Crippen LogP contribution in [0, 0.1) is 17.8 Å². The van der Waals surface area contributed by atoms with Gasteiger partial charge in [0.25, 0.3) is 0 Å². The number of hydrogen-bond acceptors (Lipinski definition) is 5. The molecule has 1 amide bonds. The fourth-order valence-electron chi connectivity index (χ4n) is 5.20. The van der Waals surface area contributed by atoms with E-state index in [0.29, 0.717) is 31.4 Å². The van der Waals surface area contributed by atoms with E-state index < -0.39 is 0 Å². The van der Waals surface area contributed by atoms with E-state index in [-0.39, 0.29) is 6.09 Å². The minimum atomic E-state index is -0.139. The Labute approximate surface area is 181 Å². The second-order valence-electron chi connectivity index (χ2n) is 8.57. The number of rotatable bonds is 6. The number of ether oxygens (including phenoxy) is 3. The molecule has 7 heteroatoms. The van der Waals surface area contributed by atoms with Gasteiger partial charge in [0, 0.05) is 37.2 Å². The highest BCUT2D eigenvalue weighted by atomic mass is 79.9. The number of benzene rings is 1. The summed E-state index contributed by atoms with van der Waals surface area (Å²) in [5.41, 5.74) is 1.15. The Hall–Kier alpha value is -1.47. The average Bonchev–Trinajstić information content (AvgIpc) is 3.37. The smallest absolute Gasteiger partial charge is 0.409 e. The Morgan fingerprint density at radius 2 is 1.79 bits per heavy atom. The standard InChI is InChI=1S/C22H31BrN2O4/c1-27-20-11-17(19(23)12-21(20)28-2)13-24-5-7-25(8-6-24)22(26)29-14-18-10-15-3-4-16(18)9-15/h11-12,15-16,18H,3-10,13-14H2,1-2H3. The van der Waals surface area contributed by atoms with Crippen LogP contribution in [0.2, 0.25) is 0 Å². The number of hydrogen-bond donors (Lipinski definition) is 0. The number of methoxy groups -OCH3 is 2. The maximum Gasteiger partial charge on any atom is 0.409 e. The fourth-order valence-corrected chi connectivity index (χ4v) is 5.64. The molecule has 0 spiro atoms. The Morgan fingerprint density at radius 3 is 2.41 bits per heavy atom. The van der Waals surface area contributed by atoms with Crippen molar-refractivity contribution in [2.24, 2.45) is 17.8 Å². The molecule has 2 aliphatic carbocycles. The van der Waals surface area contributed by atoms with Gasteiger partial charge in [-0.2, -0.15) is 0 Å². The van der Waals surface area contributed by atoms with Crippen molar-refractivity contribution in [1.29, 1.82) is 0 Å². The van der Waals surface area contributed by atoms with Crippen LogP contribution in [0.25, 0.3) is 0 Å². The number of fused-ring (bicyclic) bond motifs is 2. The molecule has 3 unspecified atom stereocenters. The van der Waals surface area contributed by atoms with Gasteiger partial charge in [-0.15, -0.1) is 0 Å². The zero-order valence-electron chi connectivity index (χ0n) is 17.4. The molecule has 6 nitrogen and oxygen atoms in total. The Bertz CT molecular complexity index is 736. The zero-order valence-corrected chi connectivity index (χ0v) is 18.9. The van der Waals surface area contributed by atoms with Crippen LogP contribution in [-0.4, -0.2) is 62.9 Å². The highest BCUT2D eigenvalue weighted by molar-refractivity contribution is 9.10. The van der Waals surface area contributed by atoms with Gasteiger partial charge < -0.3 is 19.1 Å². The summed E-state index contributed by atoms with van der Waals surface area (Å²) in [5, 5.41) is 0. The molecule has 3 aliphatic rings.